The molecule has 2 nitrogen and oxygen atoms in total. The molecule has 0 aromatic rings. The van der Waals surface area contributed by atoms with Crippen LogP contribution in [0, 0.1) is 5.41 Å². The van der Waals surface area contributed by atoms with E-state index in [1.54, 1.807) is 0 Å². The lowest BCUT2D eigenvalue weighted by Gasteiger charge is -2.49. The average molecular weight is 253 g/mol. The summed E-state index contributed by atoms with van der Waals surface area (Å²) in [6, 6.07) is 0. The molecule has 0 atom stereocenters. The second-order valence-corrected chi connectivity index (χ2v) is 7.66. The maximum atomic E-state index is 5.86. The van der Waals surface area contributed by atoms with Gasteiger partial charge in [-0.2, -0.15) is 0 Å². The van der Waals surface area contributed by atoms with Gasteiger partial charge in [0.25, 0.3) is 0 Å². The third-order valence-corrected chi connectivity index (χ3v) is 3.95. The molecule has 0 amide bonds. The van der Waals surface area contributed by atoms with Crippen molar-refractivity contribution >= 4 is 0 Å². The van der Waals surface area contributed by atoms with E-state index >= 15 is 0 Å². The molecule has 0 radical (unpaired) electrons. The molecule has 1 N–H and O–H groups in total. The van der Waals surface area contributed by atoms with E-state index in [9.17, 15) is 0 Å². The van der Waals surface area contributed by atoms with Crippen molar-refractivity contribution in [1.82, 2.24) is 5.32 Å². The van der Waals surface area contributed by atoms with E-state index in [0.717, 1.165) is 5.88 Å². The molecule has 2 heteroatoms. The predicted octanol–water partition coefficient (Wildman–Crippen LogP) is 4.61. The third-order valence-electron chi connectivity index (χ3n) is 3.95. The zero-order valence-corrected chi connectivity index (χ0v) is 13.2. The van der Waals surface area contributed by atoms with Gasteiger partial charge in [-0.05, 0) is 45.6 Å². The zero-order chi connectivity index (χ0) is 14.0. The molecule has 1 saturated carbocycles. The number of nitrogens with one attached hydrogen (secondary N) is 1. The topological polar surface area (TPSA) is 21.3 Å². The smallest absolute Gasteiger partial charge is 0.180 e. The molecule has 0 unspecified atom stereocenters. The summed E-state index contributed by atoms with van der Waals surface area (Å²) in [4.78, 5) is 0. The number of hydrogen-bond acceptors (Lipinski definition) is 2. The molecule has 1 aliphatic rings. The highest BCUT2D eigenvalue weighted by Crippen LogP contribution is 2.42. The van der Waals surface area contributed by atoms with Gasteiger partial charge in [0.1, 0.15) is 5.60 Å². The highest BCUT2D eigenvalue weighted by atomic mass is 16.5. The average Bonchev–Trinajstić information content (AvgIpc) is 2.13. The third kappa shape index (κ3) is 3.93. The van der Waals surface area contributed by atoms with E-state index in [1.165, 1.54) is 32.1 Å². The van der Waals surface area contributed by atoms with Crippen LogP contribution in [0.4, 0.5) is 0 Å². The van der Waals surface area contributed by atoms with Crippen LogP contribution < -0.4 is 5.32 Å². The maximum Gasteiger partial charge on any atom is 0.180 e. The normalized spacial score (nSPS) is 20.3. The van der Waals surface area contributed by atoms with E-state index in [0.29, 0.717) is 0 Å². The first-order chi connectivity index (χ1) is 8.06. The van der Waals surface area contributed by atoms with Crippen LogP contribution in [0.15, 0.2) is 12.5 Å². The Morgan fingerprint density at radius 1 is 1.00 bits per heavy atom. The highest BCUT2D eigenvalue weighted by Gasteiger charge is 2.43. The minimum atomic E-state index is -0.183. The van der Waals surface area contributed by atoms with Gasteiger partial charge in [0.05, 0.1) is 0 Å². The van der Waals surface area contributed by atoms with Gasteiger partial charge in [-0.25, -0.2) is 0 Å². The molecule has 0 heterocycles. The second kappa shape index (κ2) is 5.14. The van der Waals surface area contributed by atoms with Crippen molar-refractivity contribution < 1.29 is 4.74 Å². The Morgan fingerprint density at radius 3 is 1.89 bits per heavy atom. The summed E-state index contributed by atoms with van der Waals surface area (Å²) >= 11 is 0. The fraction of sp³-hybridized carbons (Fsp3) is 0.875. The van der Waals surface area contributed by atoms with E-state index < -0.39 is 0 Å². The van der Waals surface area contributed by atoms with Gasteiger partial charge in [-0.1, -0.05) is 40.0 Å². The Bertz CT molecular complexity index is 287. The van der Waals surface area contributed by atoms with Gasteiger partial charge in [0.2, 0.25) is 0 Å². The maximum absolute atomic E-state index is 5.86. The van der Waals surface area contributed by atoms with Gasteiger partial charge in [0, 0.05) is 5.54 Å². The Labute approximate surface area is 113 Å². The van der Waals surface area contributed by atoms with Gasteiger partial charge in [-0.15, -0.1) is 0 Å². The first-order valence-electron chi connectivity index (χ1n) is 7.22. The molecule has 0 bridgehead atoms. The summed E-state index contributed by atoms with van der Waals surface area (Å²) in [6.45, 7) is 17.2. The minimum absolute atomic E-state index is 0.133. The van der Waals surface area contributed by atoms with Gasteiger partial charge < -0.3 is 10.1 Å². The Kier molecular flexibility index (Phi) is 4.40. The molecule has 0 spiro atoms. The quantitative estimate of drug-likeness (QED) is 0.742. The fourth-order valence-corrected chi connectivity index (χ4v) is 2.88. The lowest BCUT2D eigenvalue weighted by molar-refractivity contribution is 0.00765. The number of hydrogen-bond donors (Lipinski definition) is 1. The molecule has 0 saturated heterocycles. The Balaban J connectivity index is 2.77. The van der Waals surface area contributed by atoms with Crippen LogP contribution in [-0.4, -0.2) is 11.1 Å². The molecule has 0 aromatic carbocycles. The summed E-state index contributed by atoms with van der Waals surface area (Å²) < 4.78 is 5.86. The first kappa shape index (κ1) is 15.4. The standard InChI is InChI=1S/C16H31NO/c1-13(18-15(5,6)7)17-16(14(2,3)4)11-9-8-10-12-16/h17H,1,8-12H2,2-7H3. The largest absolute Gasteiger partial charge is 0.474 e. The van der Waals surface area contributed by atoms with Crippen molar-refractivity contribution in [2.75, 3.05) is 0 Å². The summed E-state index contributed by atoms with van der Waals surface area (Å²) in [6.07, 6.45) is 6.37. The molecule has 1 rings (SSSR count). The van der Waals surface area contributed by atoms with Gasteiger partial charge in [-0.3, -0.25) is 0 Å². The van der Waals surface area contributed by atoms with Crippen LogP contribution in [0.2, 0.25) is 0 Å². The molecular formula is C16H31NO. The molecule has 1 fully saturated rings. The summed E-state index contributed by atoms with van der Waals surface area (Å²) in [5, 5.41) is 3.61. The Hall–Kier alpha value is -0.660. The van der Waals surface area contributed by atoms with Crippen molar-refractivity contribution in [2.45, 2.75) is 84.8 Å². The van der Waals surface area contributed by atoms with E-state index in [4.69, 9.17) is 4.74 Å². The van der Waals surface area contributed by atoms with Crippen molar-refractivity contribution in [3.8, 4) is 0 Å². The van der Waals surface area contributed by atoms with E-state index in [2.05, 4.69) is 53.4 Å². The lowest BCUT2D eigenvalue weighted by Crippen LogP contribution is -2.56. The summed E-state index contributed by atoms with van der Waals surface area (Å²) in [7, 11) is 0. The van der Waals surface area contributed by atoms with Crippen molar-refractivity contribution in [2.24, 2.45) is 5.41 Å². The molecule has 106 valence electrons. The predicted molar refractivity (Wildman–Crippen MR) is 78.4 cm³/mol. The van der Waals surface area contributed by atoms with E-state index in [1.807, 2.05) is 0 Å². The highest BCUT2D eigenvalue weighted by molar-refractivity contribution is 5.05. The molecule has 18 heavy (non-hydrogen) atoms. The van der Waals surface area contributed by atoms with Crippen LogP contribution in [-0.2, 0) is 4.74 Å². The SMILES string of the molecule is C=C(NC1(C(C)(C)C)CCCCC1)OC(C)(C)C. The molecule has 1 aliphatic carbocycles. The van der Waals surface area contributed by atoms with Crippen molar-refractivity contribution in [1.29, 1.82) is 0 Å². The van der Waals surface area contributed by atoms with Crippen LogP contribution >= 0.6 is 0 Å². The monoisotopic (exact) mass is 253 g/mol. The second-order valence-electron chi connectivity index (χ2n) is 7.66. The van der Waals surface area contributed by atoms with Gasteiger partial charge >= 0.3 is 0 Å². The lowest BCUT2D eigenvalue weighted by atomic mass is 9.65. The number of rotatable bonds is 3. The van der Waals surface area contributed by atoms with Crippen LogP contribution in [0.3, 0.4) is 0 Å². The molecule has 0 aromatic heterocycles. The number of ether oxygens (including phenoxy) is 1. The van der Waals surface area contributed by atoms with Crippen LogP contribution in [0.5, 0.6) is 0 Å². The minimum Gasteiger partial charge on any atom is -0.474 e. The van der Waals surface area contributed by atoms with Crippen LogP contribution in [0.25, 0.3) is 0 Å². The zero-order valence-electron chi connectivity index (χ0n) is 13.2. The van der Waals surface area contributed by atoms with Crippen molar-refractivity contribution in [3.63, 3.8) is 0 Å². The molecule has 0 aliphatic heterocycles. The van der Waals surface area contributed by atoms with E-state index in [-0.39, 0.29) is 16.6 Å². The summed E-state index contributed by atoms with van der Waals surface area (Å²) in [5.74, 6) is 0.722. The first-order valence-corrected chi connectivity index (χ1v) is 7.22. The molecular weight excluding hydrogens is 222 g/mol. The van der Waals surface area contributed by atoms with Crippen molar-refractivity contribution in [3.05, 3.63) is 12.5 Å². The van der Waals surface area contributed by atoms with Crippen LogP contribution in [0.1, 0.15) is 73.6 Å². The summed E-state index contributed by atoms with van der Waals surface area (Å²) in [5.41, 5.74) is 0.170. The van der Waals surface area contributed by atoms with Gasteiger partial charge in [0.15, 0.2) is 5.88 Å². The Morgan fingerprint density at radius 2 is 1.50 bits per heavy atom. The fourth-order valence-electron chi connectivity index (χ4n) is 2.88.